The van der Waals surface area contributed by atoms with Crippen LogP contribution in [0.1, 0.15) is 22.3 Å². The fraction of sp³-hybridized carbons (Fsp3) is 0.304. The molecule has 0 aliphatic carbocycles. The molecular formula is C23H24FN5O2S. The molecule has 0 radical (unpaired) electrons. The molecule has 7 nitrogen and oxygen atoms in total. The number of ether oxygens (including phenoxy) is 1. The molecule has 0 spiro atoms. The molecule has 1 N–H and O–H groups in total. The highest BCUT2D eigenvalue weighted by molar-refractivity contribution is 7.17. The number of piperazine rings is 1. The van der Waals surface area contributed by atoms with E-state index in [9.17, 15) is 9.50 Å². The van der Waals surface area contributed by atoms with Gasteiger partial charge in [0.2, 0.25) is 10.8 Å². The van der Waals surface area contributed by atoms with Gasteiger partial charge in [-0.15, -0.1) is 5.10 Å². The Labute approximate surface area is 189 Å². The highest BCUT2D eigenvalue weighted by Gasteiger charge is 2.33. The Hall–Kier alpha value is -3.17. The smallest absolute Gasteiger partial charge is 0.230 e. The van der Waals surface area contributed by atoms with Crippen molar-refractivity contribution in [2.24, 2.45) is 0 Å². The summed E-state index contributed by atoms with van der Waals surface area (Å²) in [6, 6.07) is 14.4. The van der Waals surface area contributed by atoms with Gasteiger partial charge in [0.15, 0.2) is 0 Å². The fourth-order valence-corrected chi connectivity index (χ4v) is 5.41. The zero-order chi connectivity index (χ0) is 22.2. The predicted octanol–water partition coefficient (Wildman–Crippen LogP) is 3.86. The molecule has 0 amide bonds. The normalized spacial score (nSPS) is 15.9. The number of rotatable bonds is 5. The number of aryl methyl sites for hydroxylation is 1. The zero-order valence-electron chi connectivity index (χ0n) is 17.9. The standard InChI is InChI=1S/C23H24FN5O2S/c1-15-25-23-29(26-15)22(30)21(32-23)20(18-5-3-4-6-19(18)24)28-13-11-27(12-14-28)16-7-9-17(31-2)10-8-16/h3-10,20,30H,11-14H2,1-2H3/t20-/m0/s1. The lowest BCUT2D eigenvalue weighted by Gasteiger charge is -2.40. The lowest BCUT2D eigenvalue weighted by atomic mass is 10.0. The minimum Gasteiger partial charge on any atom is -0.497 e. The van der Waals surface area contributed by atoms with Crippen molar-refractivity contribution >= 4 is 22.0 Å². The Balaban J connectivity index is 1.45. The summed E-state index contributed by atoms with van der Waals surface area (Å²) in [6.45, 7) is 4.80. The van der Waals surface area contributed by atoms with Crippen molar-refractivity contribution in [2.45, 2.75) is 13.0 Å². The number of aromatic hydroxyl groups is 1. The quantitative estimate of drug-likeness (QED) is 0.495. The van der Waals surface area contributed by atoms with Gasteiger partial charge in [-0.05, 0) is 37.3 Å². The predicted molar refractivity (Wildman–Crippen MR) is 122 cm³/mol. The van der Waals surface area contributed by atoms with Gasteiger partial charge in [0.1, 0.15) is 17.4 Å². The molecular weight excluding hydrogens is 429 g/mol. The maximum absolute atomic E-state index is 14.9. The van der Waals surface area contributed by atoms with E-state index in [0.717, 1.165) is 37.6 Å². The molecule has 32 heavy (non-hydrogen) atoms. The van der Waals surface area contributed by atoms with Crippen LogP contribution >= 0.6 is 11.3 Å². The number of hydrogen-bond donors (Lipinski definition) is 1. The summed E-state index contributed by atoms with van der Waals surface area (Å²) >= 11 is 1.35. The van der Waals surface area contributed by atoms with E-state index in [0.29, 0.717) is 21.2 Å². The Morgan fingerprint density at radius 3 is 2.44 bits per heavy atom. The number of thiazole rings is 1. The summed E-state index contributed by atoms with van der Waals surface area (Å²) in [5.74, 6) is 1.16. The summed E-state index contributed by atoms with van der Waals surface area (Å²) in [5.41, 5.74) is 1.67. The molecule has 9 heteroatoms. The second kappa shape index (κ2) is 8.40. The van der Waals surface area contributed by atoms with E-state index in [1.165, 1.54) is 21.9 Å². The molecule has 2 aromatic carbocycles. The first-order chi connectivity index (χ1) is 15.5. The van der Waals surface area contributed by atoms with Gasteiger partial charge in [0, 0.05) is 37.4 Å². The van der Waals surface area contributed by atoms with E-state index < -0.39 is 6.04 Å². The van der Waals surface area contributed by atoms with Gasteiger partial charge in [0.05, 0.1) is 18.0 Å². The summed E-state index contributed by atoms with van der Waals surface area (Å²) in [7, 11) is 1.66. The van der Waals surface area contributed by atoms with Gasteiger partial charge in [-0.3, -0.25) is 4.90 Å². The molecule has 0 saturated carbocycles. The van der Waals surface area contributed by atoms with Crippen LogP contribution in [0.2, 0.25) is 0 Å². The number of fused-ring (bicyclic) bond motifs is 1. The number of nitrogens with zero attached hydrogens (tertiary/aromatic N) is 5. The molecule has 0 bridgehead atoms. The Bertz CT molecular complexity index is 1230. The van der Waals surface area contributed by atoms with Crippen molar-refractivity contribution in [3.63, 3.8) is 0 Å². The Kier molecular flexibility index (Phi) is 5.44. The topological polar surface area (TPSA) is 66.1 Å². The molecule has 5 rings (SSSR count). The third kappa shape index (κ3) is 3.67. The van der Waals surface area contributed by atoms with Crippen molar-refractivity contribution in [2.75, 3.05) is 38.2 Å². The molecule has 1 saturated heterocycles. The van der Waals surface area contributed by atoms with Crippen LogP contribution in [0.25, 0.3) is 4.96 Å². The van der Waals surface area contributed by atoms with Crippen molar-refractivity contribution in [1.29, 1.82) is 0 Å². The third-order valence-electron chi connectivity index (χ3n) is 5.87. The number of anilines is 1. The number of methoxy groups -OCH3 is 1. The fourth-order valence-electron chi connectivity index (χ4n) is 4.26. The van der Waals surface area contributed by atoms with Crippen molar-refractivity contribution in [3.8, 4) is 11.6 Å². The second-order valence-electron chi connectivity index (χ2n) is 7.79. The van der Waals surface area contributed by atoms with Crippen molar-refractivity contribution in [1.82, 2.24) is 19.5 Å². The molecule has 1 aliphatic rings. The Morgan fingerprint density at radius 2 is 1.78 bits per heavy atom. The number of aromatic nitrogens is 3. The Morgan fingerprint density at radius 1 is 1.06 bits per heavy atom. The third-order valence-corrected chi connectivity index (χ3v) is 6.94. The average molecular weight is 454 g/mol. The van der Waals surface area contributed by atoms with Crippen LogP contribution in [-0.4, -0.2) is 57.9 Å². The molecule has 1 fully saturated rings. The number of hydrogen-bond acceptors (Lipinski definition) is 7. The second-order valence-corrected chi connectivity index (χ2v) is 8.80. The molecule has 4 aromatic rings. The van der Waals surface area contributed by atoms with Crippen LogP contribution in [0.5, 0.6) is 11.6 Å². The molecule has 0 unspecified atom stereocenters. The summed E-state index contributed by atoms with van der Waals surface area (Å²) in [5, 5.41) is 15.2. The van der Waals surface area contributed by atoms with E-state index in [-0.39, 0.29) is 11.7 Å². The van der Waals surface area contributed by atoms with Gasteiger partial charge in [-0.1, -0.05) is 29.5 Å². The van der Waals surface area contributed by atoms with Crippen molar-refractivity contribution < 1.29 is 14.2 Å². The van der Waals surface area contributed by atoms with Gasteiger partial charge in [-0.25, -0.2) is 9.37 Å². The van der Waals surface area contributed by atoms with Gasteiger partial charge < -0.3 is 14.7 Å². The first-order valence-corrected chi connectivity index (χ1v) is 11.3. The highest BCUT2D eigenvalue weighted by Crippen LogP contribution is 2.41. The SMILES string of the molecule is COc1ccc(N2CCN([C@@H](c3ccccc3F)c3sc4nc(C)nn4c3O)CC2)cc1. The average Bonchev–Trinajstić information content (AvgIpc) is 3.33. The molecule has 1 aliphatic heterocycles. The zero-order valence-corrected chi connectivity index (χ0v) is 18.7. The van der Waals surface area contributed by atoms with Gasteiger partial charge >= 0.3 is 0 Å². The van der Waals surface area contributed by atoms with E-state index in [1.807, 2.05) is 18.2 Å². The maximum atomic E-state index is 14.9. The van der Waals surface area contributed by atoms with Crippen LogP contribution in [0.3, 0.4) is 0 Å². The van der Waals surface area contributed by atoms with E-state index in [4.69, 9.17) is 4.74 Å². The molecule has 166 valence electrons. The van der Waals surface area contributed by atoms with E-state index in [2.05, 4.69) is 32.0 Å². The van der Waals surface area contributed by atoms with Gasteiger partial charge in [0.25, 0.3) is 0 Å². The van der Waals surface area contributed by atoms with Crippen molar-refractivity contribution in [3.05, 3.63) is 70.6 Å². The van der Waals surface area contributed by atoms with Crippen LogP contribution in [0.4, 0.5) is 10.1 Å². The van der Waals surface area contributed by atoms with Crippen LogP contribution in [0.15, 0.2) is 48.5 Å². The summed E-state index contributed by atoms with van der Waals surface area (Å²) in [4.78, 5) is 10.2. The minimum atomic E-state index is -0.414. The summed E-state index contributed by atoms with van der Waals surface area (Å²) < 4.78 is 21.6. The van der Waals surface area contributed by atoms with Crippen LogP contribution in [0, 0.1) is 12.7 Å². The first kappa shape index (κ1) is 20.7. The van der Waals surface area contributed by atoms with Gasteiger partial charge in [-0.2, -0.15) is 4.52 Å². The van der Waals surface area contributed by atoms with Crippen LogP contribution < -0.4 is 9.64 Å². The highest BCUT2D eigenvalue weighted by atomic mass is 32.1. The molecule has 2 aromatic heterocycles. The largest absolute Gasteiger partial charge is 0.497 e. The molecule has 3 heterocycles. The van der Waals surface area contributed by atoms with Crippen LogP contribution in [-0.2, 0) is 0 Å². The van der Waals surface area contributed by atoms with E-state index in [1.54, 1.807) is 26.2 Å². The molecule has 1 atom stereocenters. The summed E-state index contributed by atoms with van der Waals surface area (Å²) in [6.07, 6.45) is 0. The minimum absolute atomic E-state index is 0.0245. The van der Waals surface area contributed by atoms with E-state index >= 15 is 0 Å². The lowest BCUT2D eigenvalue weighted by molar-refractivity contribution is 0.208. The number of benzene rings is 2. The monoisotopic (exact) mass is 453 g/mol. The number of halogens is 1. The first-order valence-electron chi connectivity index (χ1n) is 10.5. The lowest BCUT2D eigenvalue weighted by Crippen LogP contribution is -2.48. The maximum Gasteiger partial charge on any atom is 0.230 e.